The lowest BCUT2D eigenvalue weighted by molar-refractivity contribution is -0.185. The SMILES string of the molecule is CCCCCCCCCC(O)(CO)C(O)(CCCCCCCCC)CCCCCCCCC. The average Bonchev–Trinajstić information content (AvgIpc) is 2.82. The van der Waals surface area contributed by atoms with Gasteiger partial charge in [-0.25, -0.2) is 0 Å². The van der Waals surface area contributed by atoms with Gasteiger partial charge in [0.25, 0.3) is 0 Å². The Labute approximate surface area is 208 Å². The molecular formula is C30H62O3. The van der Waals surface area contributed by atoms with Gasteiger partial charge in [-0.2, -0.15) is 0 Å². The van der Waals surface area contributed by atoms with Crippen molar-refractivity contribution in [3.8, 4) is 0 Å². The van der Waals surface area contributed by atoms with E-state index in [4.69, 9.17) is 0 Å². The molecule has 3 nitrogen and oxygen atoms in total. The molecule has 0 aromatic heterocycles. The zero-order chi connectivity index (χ0) is 24.7. The third kappa shape index (κ3) is 16.2. The van der Waals surface area contributed by atoms with Crippen molar-refractivity contribution in [2.45, 2.75) is 186 Å². The predicted octanol–water partition coefficient (Wildman–Crippen LogP) is 8.86. The zero-order valence-corrected chi connectivity index (χ0v) is 23.0. The molecule has 0 rings (SSSR count). The summed E-state index contributed by atoms with van der Waals surface area (Å²) in [6, 6.07) is 0. The van der Waals surface area contributed by atoms with E-state index in [1.165, 1.54) is 96.3 Å². The number of hydrogen-bond donors (Lipinski definition) is 3. The lowest BCUT2D eigenvalue weighted by Crippen LogP contribution is -2.56. The minimum absolute atomic E-state index is 0.327. The third-order valence-corrected chi connectivity index (χ3v) is 7.71. The monoisotopic (exact) mass is 470 g/mol. The van der Waals surface area contributed by atoms with Crippen LogP contribution in [-0.2, 0) is 0 Å². The van der Waals surface area contributed by atoms with E-state index in [-0.39, 0.29) is 6.61 Å². The second-order valence-corrected chi connectivity index (χ2v) is 10.8. The van der Waals surface area contributed by atoms with E-state index in [0.29, 0.717) is 19.3 Å². The van der Waals surface area contributed by atoms with Gasteiger partial charge in [0, 0.05) is 0 Å². The molecule has 3 heteroatoms. The molecule has 0 radical (unpaired) electrons. The fraction of sp³-hybridized carbons (Fsp3) is 1.00. The highest BCUT2D eigenvalue weighted by Crippen LogP contribution is 2.37. The Hall–Kier alpha value is -0.120. The molecule has 0 aliphatic rings. The molecule has 0 aliphatic heterocycles. The lowest BCUT2D eigenvalue weighted by atomic mass is 9.73. The van der Waals surface area contributed by atoms with Crippen LogP contribution in [0.4, 0.5) is 0 Å². The van der Waals surface area contributed by atoms with E-state index in [1.807, 2.05) is 0 Å². The Balaban J connectivity index is 4.66. The fourth-order valence-corrected chi connectivity index (χ4v) is 5.17. The van der Waals surface area contributed by atoms with Crippen molar-refractivity contribution in [1.29, 1.82) is 0 Å². The molecule has 200 valence electrons. The Morgan fingerprint density at radius 1 is 0.364 bits per heavy atom. The first-order valence-electron chi connectivity index (χ1n) is 15.0. The highest BCUT2D eigenvalue weighted by atomic mass is 16.4. The van der Waals surface area contributed by atoms with Crippen LogP contribution in [0.3, 0.4) is 0 Å². The van der Waals surface area contributed by atoms with Gasteiger partial charge in [-0.05, 0) is 19.3 Å². The lowest BCUT2D eigenvalue weighted by Gasteiger charge is -2.43. The summed E-state index contributed by atoms with van der Waals surface area (Å²) in [6.07, 6.45) is 26.8. The van der Waals surface area contributed by atoms with Crippen molar-refractivity contribution in [1.82, 2.24) is 0 Å². The minimum Gasteiger partial charge on any atom is -0.393 e. The van der Waals surface area contributed by atoms with Crippen LogP contribution in [0.1, 0.15) is 175 Å². The van der Waals surface area contributed by atoms with Gasteiger partial charge < -0.3 is 15.3 Å². The van der Waals surface area contributed by atoms with Crippen LogP contribution >= 0.6 is 0 Å². The van der Waals surface area contributed by atoms with E-state index < -0.39 is 11.2 Å². The van der Waals surface area contributed by atoms with Crippen LogP contribution in [0, 0.1) is 0 Å². The molecular weight excluding hydrogens is 408 g/mol. The summed E-state index contributed by atoms with van der Waals surface area (Å²) in [7, 11) is 0. The Kier molecular flexibility index (Phi) is 22.3. The van der Waals surface area contributed by atoms with Crippen molar-refractivity contribution in [3.63, 3.8) is 0 Å². The topological polar surface area (TPSA) is 60.7 Å². The Morgan fingerprint density at radius 3 is 0.879 bits per heavy atom. The van der Waals surface area contributed by atoms with Crippen LogP contribution in [0.2, 0.25) is 0 Å². The number of aliphatic hydroxyl groups is 3. The third-order valence-electron chi connectivity index (χ3n) is 7.71. The van der Waals surface area contributed by atoms with Gasteiger partial charge in [-0.1, -0.05) is 156 Å². The normalized spacial score (nSPS) is 14.0. The van der Waals surface area contributed by atoms with E-state index in [0.717, 1.165) is 38.5 Å². The number of hydrogen-bond acceptors (Lipinski definition) is 3. The maximum atomic E-state index is 11.7. The smallest absolute Gasteiger partial charge is 0.116 e. The van der Waals surface area contributed by atoms with Crippen LogP contribution in [0.15, 0.2) is 0 Å². The Morgan fingerprint density at radius 2 is 0.606 bits per heavy atom. The summed E-state index contributed by atoms with van der Waals surface area (Å²) >= 11 is 0. The highest BCUT2D eigenvalue weighted by molar-refractivity contribution is 4.99. The molecule has 0 amide bonds. The van der Waals surface area contributed by atoms with Gasteiger partial charge in [0.15, 0.2) is 0 Å². The second-order valence-electron chi connectivity index (χ2n) is 10.8. The molecule has 1 unspecified atom stereocenters. The molecule has 0 bridgehead atoms. The van der Waals surface area contributed by atoms with E-state index >= 15 is 0 Å². The van der Waals surface area contributed by atoms with Crippen LogP contribution in [0.5, 0.6) is 0 Å². The van der Waals surface area contributed by atoms with Gasteiger partial charge in [-0.15, -0.1) is 0 Å². The first-order valence-corrected chi connectivity index (χ1v) is 15.0. The minimum atomic E-state index is -1.36. The fourth-order valence-electron chi connectivity index (χ4n) is 5.17. The molecule has 0 aromatic carbocycles. The molecule has 1 atom stereocenters. The van der Waals surface area contributed by atoms with Crippen LogP contribution in [-0.4, -0.2) is 33.1 Å². The molecule has 0 fully saturated rings. The molecule has 0 spiro atoms. The van der Waals surface area contributed by atoms with Crippen LogP contribution < -0.4 is 0 Å². The standard InChI is InChI=1S/C30H62O3/c1-4-7-10-13-16-19-22-25-29(32,26-23-20-17-14-11-8-5-2)30(33,28-31)27-24-21-18-15-12-9-6-3/h31-33H,4-28H2,1-3H3. The quantitative estimate of drug-likeness (QED) is 0.111. The summed E-state index contributed by atoms with van der Waals surface area (Å²) in [4.78, 5) is 0. The maximum absolute atomic E-state index is 11.7. The van der Waals surface area contributed by atoms with Gasteiger partial charge in [0.2, 0.25) is 0 Å². The molecule has 0 heterocycles. The summed E-state index contributed by atoms with van der Waals surface area (Å²) in [5.74, 6) is 0. The first-order chi connectivity index (χ1) is 16.0. The molecule has 0 saturated heterocycles. The van der Waals surface area contributed by atoms with Gasteiger partial charge in [0.1, 0.15) is 5.60 Å². The second kappa shape index (κ2) is 22.4. The number of rotatable bonds is 26. The Bertz CT molecular complexity index is 380. The predicted molar refractivity (Wildman–Crippen MR) is 145 cm³/mol. The zero-order valence-electron chi connectivity index (χ0n) is 23.0. The van der Waals surface area contributed by atoms with Crippen LogP contribution in [0.25, 0.3) is 0 Å². The number of aliphatic hydroxyl groups excluding tert-OH is 1. The van der Waals surface area contributed by atoms with Crippen molar-refractivity contribution < 1.29 is 15.3 Å². The van der Waals surface area contributed by atoms with Crippen molar-refractivity contribution in [3.05, 3.63) is 0 Å². The van der Waals surface area contributed by atoms with Crippen molar-refractivity contribution >= 4 is 0 Å². The summed E-state index contributed by atoms with van der Waals surface area (Å²) < 4.78 is 0. The molecule has 0 aliphatic carbocycles. The van der Waals surface area contributed by atoms with Gasteiger partial charge in [0.05, 0.1) is 12.2 Å². The molecule has 3 N–H and O–H groups in total. The summed E-state index contributed by atoms with van der Waals surface area (Å²) in [6.45, 7) is 6.39. The molecule has 0 saturated carbocycles. The largest absolute Gasteiger partial charge is 0.393 e. The van der Waals surface area contributed by atoms with Gasteiger partial charge >= 0.3 is 0 Å². The highest BCUT2D eigenvalue weighted by Gasteiger charge is 2.47. The van der Waals surface area contributed by atoms with E-state index in [2.05, 4.69) is 20.8 Å². The van der Waals surface area contributed by atoms with Crippen molar-refractivity contribution in [2.24, 2.45) is 0 Å². The molecule has 0 aromatic rings. The van der Waals surface area contributed by atoms with Gasteiger partial charge in [-0.3, -0.25) is 0 Å². The number of unbranched alkanes of at least 4 members (excludes halogenated alkanes) is 18. The van der Waals surface area contributed by atoms with Crippen molar-refractivity contribution in [2.75, 3.05) is 6.61 Å². The average molecular weight is 471 g/mol. The molecule has 33 heavy (non-hydrogen) atoms. The summed E-state index contributed by atoms with van der Waals surface area (Å²) in [5, 5.41) is 33.3. The van der Waals surface area contributed by atoms with E-state index in [1.54, 1.807) is 0 Å². The van der Waals surface area contributed by atoms with E-state index in [9.17, 15) is 15.3 Å². The maximum Gasteiger partial charge on any atom is 0.116 e. The first kappa shape index (κ1) is 32.9. The summed E-state index contributed by atoms with van der Waals surface area (Å²) in [5.41, 5.74) is -2.52.